The summed E-state index contributed by atoms with van der Waals surface area (Å²) in [7, 11) is 0. The predicted octanol–water partition coefficient (Wildman–Crippen LogP) is 3.68. The lowest BCUT2D eigenvalue weighted by Crippen LogP contribution is -2.28. The van der Waals surface area contributed by atoms with Gasteiger partial charge < -0.3 is 24.1 Å². The highest BCUT2D eigenvalue weighted by Gasteiger charge is 2.26. The third-order valence-corrected chi connectivity index (χ3v) is 3.96. The van der Waals surface area contributed by atoms with E-state index < -0.39 is 18.0 Å². The van der Waals surface area contributed by atoms with E-state index >= 15 is 0 Å². The summed E-state index contributed by atoms with van der Waals surface area (Å²) in [5.74, 6) is 0.723. The molecule has 1 heterocycles. The van der Waals surface area contributed by atoms with E-state index in [1.165, 1.54) is 0 Å². The smallest absolute Gasteiger partial charge is 0.345 e. The van der Waals surface area contributed by atoms with E-state index in [9.17, 15) is 9.59 Å². The van der Waals surface area contributed by atoms with Crippen molar-refractivity contribution in [2.24, 2.45) is 0 Å². The van der Waals surface area contributed by atoms with E-state index in [1.54, 1.807) is 67.6 Å². The highest BCUT2D eigenvalue weighted by atomic mass is 16.6. The SMILES string of the molecule is CCOc1ccc(OCC(=O)OC(C(=O)Nc2cc(C)on2)c2ccccc2)cc1. The van der Waals surface area contributed by atoms with Crippen LogP contribution in [0, 0.1) is 6.92 Å². The molecule has 1 amide bonds. The second-order valence-corrected chi connectivity index (χ2v) is 6.29. The van der Waals surface area contributed by atoms with Crippen LogP contribution in [0.1, 0.15) is 24.4 Å². The summed E-state index contributed by atoms with van der Waals surface area (Å²) in [5, 5.41) is 6.31. The molecule has 0 radical (unpaired) electrons. The highest BCUT2D eigenvalue weighted by molar-refractivity contribution is 5.95. The van der Waals surface area contributed by atoms with Crippen LogP contribution in [0.25, 0.3) is 0 Å². The molecule has 0 spiro atoms. The van der Waals surface area contributed by atoms with E-state index in [4.69, 9.17) is 18.7 Å². The van der Waals surface area contributed by atoms with Gasteiger partial charge in [0.1, 0.15) is 17.3 Å². The minimum absolute atomic E-state index is 0.236. The lowest BCUT2D eigenvalue weighted by molar-refractivity contribution is -0.156. The van der Waals surface area contributed by atoms with Crippen LogP contribution >= 0.6 is 0 Å². The van der Waals surface area contributed by atoms with Gasteiger partial charge in [0.2, 0.25) is 6.10 Å². The van der Waals surface area contributed by atoms with Gasteiger partial charge in [-0.05, 0) is 38.1 Å². The van der Waals surface area contributed by atoms with Crippen molar-refractivity contribution in [1.29, 1.82) is 0 Å². The normalized spacial score (nSPS) is 11.4. The number of rotatable bonds is 9. The van der Waals surface area contributed by atoms with Crippen molar-refractivity contribution in [2.45, 2.75) is 20.0 Å². The number of amides is 1. The van der Waals surface area contributed by atoms with Crippen LogP contribution in [-0.4, -0.2) is 30.2 Å². The maximum absolute atomic E-state index is 12.7. The number of aromatic nitrogens is 1. The van der Waals surface area contributed by atoms with Gasteiger partial charge >= 0.3 is 5.97 Å². The molecule has 8 nitrogen and oxygen atoms in total. The summed E-state index contributed by atoms with van der Waals surface area (Å²) in [4.78, 5) is 25.1. The Morgan fingerprint density at radius 2 is 1.70 bits per heavy atom. The number of anilines is 1. The van der Waals surface area contributed by atoms with Crippen LogP contribution in [0.2, 0.25) is 0 Å². The van der Waals surface area contributed by atoms with Gasteiger partial charge in [-0.15, -0.1) is 0 Å². The predicted molar refractivity (Wildman–Crippen MR) is 108 cm³/mol. The van der Waals surface area contributed by atoms with Crippen molar-refractivity contribution in [3.8, 4) is 11.5 Å². The summed E-state index contributed by atoms with van der Waals surface area (Å²) in [6, 6.07) is 17.1. The van der Waals surface area contributed by atoms with Crippen molar-refractivity contribution in [1.82, 2.24) is 5.16 Å². The topological polar surface area (TPSA) is 99.9 Å². The van der Waals surface area contributed by atoms with Crippen LogP contribution in [0.5, 0.6) is 11.5 Å². The monoisotopic (exact) mass is 410 g/mol. The minimum atomic E-state index is -1.17. The zero-order valence-corrected chi connectivity index (χ0v) is 16.7. The van der Waals surface area contributed by atoms with E-state index in [-0.39, 0.29) is 12.4 Å². The summed E-state index contributed by atoms with van der Waals surface area (Å²) >= 11 is 0. The van der Waals surface area contributed by atoms with Gasteiger partial charge in [-0.2, -0.15) is 0 Å². The lowest BCUT2D eigenvalue weighted by atomic mass is 10.1. The third-order valence-electron chi connectivity index (χ3n) is 3.96. The number of ether oxygens (including phenoxy) is 3. The molecule has 1 aromatic heterocycles. The number of benzene rings is 2. The third kappa shape index (κ3) is 5.84. The van der Waals surface area contributed by atoms with E-state index in [2.05, 4.69) is 10.5 Å². The molecule has 1 N–H and O–H groups in total. The quantitative estimate of drug-likeness (QED) is 0.537. The standard InChI is InChI=1S/C22H22N2O6/c1-3-27-17-9-11-18(12-10-17)28-14-20(25)29-21(16-7-5-4-6-8-16)22(26)23-19-13-15(2)30-24-19/h4-13,21H,3,14H2,1-2H3,(H,23,24,26). The average Bonchev–Trinajstić information content (AvgIpc) is 3.16. The number of carbonyl (C=O) groups excluding carboxylic acids is 2. The maximum Gasteiger partial charge on any atom is 0.345 e. The number of hydrogen-bond acceptors (Lipinski definition) is 7. The molecule has 0 bridgehead atoms. The molecule has 0 aliphatic rings. The molecule has 0 saturated carbocycles. The molecule has 0 fully saturated rings. The molecular formula is C22H22N2O6. The zero-order valence-electron chi connectivity index (χ0n) is 16.7. The van der Waals surface area contributed by atoms with Crippen LogP contribution in [-0.2, 0) is 14.3 Å². The number of nitrogens with zero attached hydrogens (tertiary/aromatic N) is 1. The lowest BCUT2D eigenvalue weighted by Gasteiger charge is -2.17. The largest absolute Gasteiger partial charge is 0.494 e. The average molecular weight is 410 g/mol. The fourth-order valence-corrected chi connectivity index (χ4v) is 2.62. The Hall–Kier alpha value is -3.81. The first-order valence-electron chi connectivity index (χ1n) is 9.39. The van der Waals surface area contributed by atoms with Gasteiger partial charge in [0.15, 0.2) is 12.4 Å². The molecule has 156 valence electrons. The molecule has 0 aliphatic heterocycles. The molecule has 3 rings (SSSR count). The Kier molecular flexibility index (Phi) is 7.05. The van der Waals surface area contributed by atoms with E-state index in [1.807, 2.05) is 6.92 Å². The number of esters is 1. The molecule has 1 atom stereocenters. The number of hydrogen-bond donors (Lipinski definition) is 1. The Balaban J connectivity index is 1.63. The van der Waals surface area contributed by atoms with E-state index in [0.29, 0.717) is 29.4 Å². The summed E-state index contributed by atoms with van der Waals surface area (Å²) < 4.78 is 21.2. The van der Waals surface area contributed by atoms with Gasteiger partial charge in [0.05, 0.1) is 6.61 Å². The minimum Gasteiger partial charge on any atom is -0.494 e. The summed E-state index contributed by atoms with van der Waals surface area (Å²) in [5.41, 5.74) is 0.518. The fraction of sp³-hybridized carbons (Fsp3) is 0.227. The van der Waals surface area contributed by atoms with Crippen molar-refractivity contribution in [3.05, 3.63) is 72.0 Å². The molecule has 0 aliphatic carbocycles. The molecule has 1 unspecified atom stereocenters. The van der Waals surface area contributed by atoms with Crippen LogP contribution in [0.4, 0.5) is 5.82 Å². The van der Waals surface area contributed by atoms with Crippen molar-refractivity contribution in [3.63, 3.8) is 0 Å². The van der Waals surface area contributed by atoms with Gasteiger partial charge in [-0.3, -0.25) is 4.79 Å². The maximum atomic E-state index is 12.7. The fourth-order valence-electron chi connectivity index (χ4n) is 2.62. The Labute approximate surface area is 173 Å². The molecule has 0 saturated heterocycles. The van der Waals surface area contributed by atoms with Crippen molar-refractivity contribution < 1.29 is 28.3 Å². The first-order chi connectivity index (χ1) is 14.5. The molecule has 30 heavy (non-hydrogen) atoms. The van der Waals surface area contributed by atoms with Gasteiger partial charge in [-0.1, -0.05) is 35.5 Å². The number of nitrogens with one attached hydrogen (secondary N) is 1. The van der Waals surface area contributed by atoms with Gasteiger partial charge in [-0.25, -0.2) is 4.79 Å². The molecular weight excluding hydrogens is 388 g/mol. The first kappa shape index (κ1) is 20.9. The summed E-state index contributed by atoms with van der Waals surface area (Å²) in [6.07, 6.45) is -1.17. The molecule has 2 aromatic carbocycles. The second kappa shape index (κ2) is 10.1. The first-order valence-corrected chi connectivity index (χ1v) is 9.39. The summed E-state index contributed by atoms with van der Waals surface area (Å²) in [6.45, 7) is 3.80. The van der Waals surface area contributed by atoms with Crippen LogP contribution < -0.4 is 14.8 Å². The van der Waals surface area contributed by atoms with E-state index in [0.717, 1.165) is 0 Å². The highest BCUT2D eigenvalue weighted by Crippen LogP contribution is 2.21. The van der Waals surface area contributed by atoms with Crippen molar-refractivity contribution in [2.75, 3.05) is 18.5 Å². The van der Waals surface area contributed by atoms with Crippen molar-refractivity contribution >= 4 is 17.7 Å². The number of aryl methyl sites for hydroxylation is 1. The Morgan fingerprint density at radius 3 is 2.30 bits per heavy atom. The molecule has 3 aromatic rings. The second-order valence-electron chi connectivity index (χ2n) is 6.29. The number of carbonyl (C=O) groups is 2. The van der Waals surface area contributed by atoms with Crippen LogP contribution in [0.15, 0.2) is 65.2 Å². The van der Waals surface area contributed by atoms with Crippen LogP contribution in [0.3, 0.4) is 0 Å². The Bertz CT molecular complexity index is 969. The Morgan fingerprint density at radius 1 is 1.03 bits per heavy atom. The molecule has 8 heteroatoms. The van der Waals surface area contributed by atoms with Gasteiger partial charge in [0, 0.05) is 11.6 Å². The zero-order chi connectivity index (χ0) is 21.3. The van der Waals surface area contributed by atoms with Gasteiger partial charge in [0.25, 0.3) is 5.91 Å².